The monoisotopic (exact) mass is 271 g/mol. The zero-order valence-corrected chi connectivity index (χ0v) is 11.4. The Bertz CT molecular complexity index is 307. The molecule has 2 rings (SSSR count). The minimum Gasteiger partial charge on any atom is -0.481 e. The molecule has 2 N–H and O–H groups in total. The molecule has 0 bridgehead atoms. The van der Waals surface area contributed by atoms with E-state index >= 15 is 0 Å². The van der Waals surface area contributed by atoms with Crippen molar-refractivity contribution in [1.29, 1.82) is 0 Å². The molecule has 1 unspecified atom stereocenters. The van der Waals surface area contributed by atoms with Crippen molar-refractivity contribution in [2.24, 2.45) is 11.8 Å². The van der Waals surface area contributed by atoms with E-state index in [1.807, 2.05) is 0 Å². The average Bonchev–Trinajstić information content (AvgIpc) is 2.90. The Morgan fingerprint density at radius 3 is 2.44 bits per heavy atom. The zero-order valence-electron chi connectivity index (χ0n) is 10.6. The van der Waals surface area contributed by atoms with Gasteiger partial charge in [-0.2, -0.15) is 0 Å². The topological polar surface area (TPSA) is 66.4 Å². The highest BCUT2D eigenvalue weighted by atomic mass is 32.2. The first kappa shape index (κ1) is 13.7. The van der Waals surface area contributed by atoms with Crippen LogP contribution in [0.4, 0.5) is 0 Å². The highest BCUT2D eigenvalue weighted by molar-refractivity contribution is 8.00. The van der Waals surface area contributed by atoms with Crippen LogP contribution in [-0.2, 0) is 9.59 Å². The predicted molar refractivity (Wildman–Crippen MR) is 71.6 cm³/mol. The zero-order chi connectivity index (χ0) is 13.0. The van der Waals surface area contributed by atoms with Gasteiger partial charge in [0, 0.05) is 6.54 Å². The Balaban J connectivity index is 1.65. The maximum atomic E-state index is 11.8. The normalized spacial score (nSPS) is 32.1. The van der Waals surface area contributed by atoms with Crippen molar-refractivity contribution in [2.75, 3.05) is 12.3 Å². The van der Waals surface area contributed by atoms with Crippen molar-refractivity contribution < 1.29 is 14.7 Å². The molecule has 0 aromatic rings. The van der Waals surface area contributed by atoms with Crippen LogP contribution >= 0.6 is 11.8 Å². The van der Waals surface area contributed by atoms with E-state index in [1.54, 1.807) is 11.8 Å². The first-order chi connectivity index (χ1) is 8.66. The number of amides is 1. The SMILES string of the molecule is O=C(O)C1CCC(CNC(=O)C2CCCS2)CC1. The number of aliphatic carboxylic acids is 1. The highest BCUT2D eigenvalue weighted by Gasteiger charge is 2.27. The minimum atomic E-state index is -0.667. The molecule has 0 radical (unpaired) electrons. The highest BCUT2D eigenvalue weighted by Crippen LogP contribution is 2.29. The van der Waals surface area contributed by atoms with Crippen LogP contribution in [0.25, 0.3) is 0 Å². The molecule has 4 nitrogen and oxygen atoms in total. The molecule has 1 aliphatic heterocycles. The van der Waals surface area contributed by atoms with Gasteiger partial charge >= 0.3 is 5.97 Å². The lowest BCUT2D eigenvalue weighted by Gasteiger charge is -2.26. The standard InChI is InChI=1S/C13H21NO3S/c15-12(11-2-1-7-18-11)14-8-9-3-5-10(6-4-9)13(16)17/h9-11H,1-8H2,(H,14,15)(H,16,17). The van der Waals surface area contributed by atoms with Gasteiger partial charge in [0.2, 0.25) is 5.91 Å². The molecule has 1 amide bonds. The van der Waals surface area contributed by atoms with E-state index in [0.29, 0.717) is 5.92 Å². The third-order valence-corrected chi connectivity index (χ3v) is 5.36. The second kappa shape index (κ2) is 6.45. The number of hydrogen-bond acceptors (Lipinski definition) is 3. The second-order valence-corrected chi connectivity index (χ2v) is 6.61. The lowest BCUT2D eigenvalue weighted by Crippen LogP contribution is -2.36. The van der Waals surface area contributed by atoms with E-state index in [0.717, 1.165) is 50.8 Å². The first-order valence-electron chi connectivity index (χ1n) is 6.79. The van der Waals surface area contributed by atoms with Gasteiger partial charge in [0.1, 0.15) is 0 Å². The van der Waals surface area contributed by atoms with Gasteiger partial charge in [-0.05, 0) is 50.2 Å². The van der Waals surface area contributed by atoms with Crippen LogP contribution in [-0.4, -0.2) is 34.5 Å². The number of thioether (sulfide) groups is 1. The van der Waals surface area contributed by atoms with Crippen molar-refractivity contribution >= 4 is 23.6 Å². The number of carbonyl (C=O) groups is 2. The lowest BCUT2D eigenvalue weighted by molar-refractivity contribution is -0.143. The Hall–Kier alpha value is -0.710. The fourth-order valence-corrected chi connectivity index (χ4v) is 3.94. The fraction of sp³-hybridized carbons (Fsp3) is 0.846. The second-order valence-electron chi connectivity index (χ2n) is 5.30. The summed E-state index contributed by atoms with van der Waals surface area (Å²) in [5.74, 6) is 0.915. The van der Waals surface area contributed by atoms with Gasteiger partial charge in [-0.25, -0.2) is 0 Å². The van der Waals surface area contributed by atoms with E-state index in [2.05, 4.69) is 5.32 Å². The minimum absolute atomic E-state index is 0.153. The summed E-state index contributed by atoms with van der Waals surface area (Å²) in [7, 11) is 0. The van der Waals surface area contributed by atoms with Gasteiger partial charge in [-0.3, -0.25) is 9.59 Å². The Kier molecular flexibility index (Phi) is 4.92. The van der Waals surface area contributed by atoms with E-state index < -0.39 is 5.97 Å². The largest absolute Gasteiger partial charge is 0.481 e. The Morgan fingerprint density at radius 2 is 1.89 bits per heavy atom. The molecule has 0 aromatic heterocycles. The third-order valence-electron chi connectivity index (χ3n) is 3.98. The fourth-order valence-electron chi connectivity index (χ4n) is 2.76. The van der Waals surface area contributed by atoms with Crippen LogP contribution in [0.5, 0.6) is 0 Å². The molecular weight excluding hydrogens is 250 g/mol. The summed E-state index contributed by atoms with van der Waals surface area (Å²) in [5.41, 5.74) is 0. The van der Waals surface area contributed by atoms with Crippen molar-refractivity contribution in [3.63, 3.8) is 0 Å². The lowest BCUT2D eigenvalue weighted by atomic mass is 9.82. The molecule has 1 heterocycles. The summed E-state index contributed by atoms with van der Waals surface area (Å²) in [6.07, 6.45) is 5.51. The van der Waals surface area contributed by atoms with Crippen molar-refractivity contribution in [2.45, 2.75) is 43.8 Å². The molecule has 2 aliphatic rings. The summed E-state index contributed by atoms with van der Waals surface area (Å²) in [4.78, 5) is 22.7. The van der Waals surface area contributed by atoms with Crippen molar-refractivity contribution in [3.8, 4) is 0 Å². The molecule has 102 valence electrons. The van der Waals surface area contributed by atoms with E-state index in [9.17, 15) is 9.59 Å². The molecule has 2 fully saturated rings. The summed E-state index contributed by atoms with van der Waals surface area (Å²) in [6, 6.07) is 0. The van der Waals surface area contributed by atoms with E-state index in [-0.39, 0.29) is 17.1 Å². The van der Waals surface area contributed by atoms with E-state index in [1.165, 1.54) is 0 Å². The van der Waals surface area contributed by atoms with Gasteiger partial charge in [-0.15, -0.1) is 11.8 Å². The molecule has 5 heteroatoms. The number of rotatable bonds is 4. The number of carboxylic acid groups (broad SMARTS) is 1. The van der Waals surface area contributed by atoms with Crippen LogP contribution in [0.1, 0.15) is 38.5 Å². The smallest absolute Gasteiger partial charge is 0.306 e. The summed E-state index contributed by atoms with van der Waals surface area (Å²) in [6.45, 7) is 0.724. The summed E-state index contributed by atoms with van der Waals surface area (Å²) >= 11 is 1.75. The van der Waals surface area contributed by atoms with Crippen LogP contribution in [0.3, 0.4) is 0 Å². The molecule has 1 saturated carbocycles. The quantitative estimate of drug-likeness (QED) is 0.819. The molecule has 1 atom stereocenters. The Morgan fingerprint density at radius 1 is 1.17 bits per heavy atom. The van der Waals surface area contributed by atoms with Crippen LogP contribution in [0.2, 0.25) is 0 Å². The van der Waals surface area contributed by atoms with Gasteiger partial charge in [0.15, 0.2) is 0 Å². The first-order valence-corrected chi connectivity index (χ1v) is 7.84. The summed E-state index contributed by atoms with van der Waals surface area (Å²) in [5, 5.41) is 12.1. The van der Waals surface area contributed by atoms with E-state index in [4.69, 9.17) is 5.11 Å². The molecule has 0 aromatic carbocycles. The molecule has 1 saturated heterocycles. The Labute approximate surface area is 112 Å². The van der Waals surface area contributed by atoms with Crippen molar-refractivity contribution in [1.82, 2.24) is 5.32 Å². The summed E-state index contributed by atoms with van der Waals surface area (Å²) < 4.78 is 0. The van der Waals surface area contributed by atoms with Crippen LogP contribution in [0, 0.1) is 11.8 Å². The van der Waals surface area contributed by atoms with Gasteiger partial charge in [0.05, 0.1) is 11.2 Å². The number of carboxylic acids is 1. The third kappa shape index (κ3) is 3.64. The maximum Gasteiger partial charge on any atom is 0.306 e. The van der Waals surface area contributed by atoms with Crippen LogP contribution in [0.15, 0.2) is 0 Å². The molecule has 0 spiro atoms. The molecular formula is C13H21NO3S. The van der Waals surface area contributed by atoms with Gasteiger partial charge < -0.3 is 10.4 Å². The molecule has 1 aliphatic carbocycles. The number of nitrogens with one attached hydrogen (secondary N) is 1. The maximum absolute atomic E-state index is 11.8. The van der Waals surface area contributed by atoms with Crippen LogP contribution < -0.4 is 5.32 Å². The predicted octanol–water partition coefficient (Wildman–Crippen LogP) is 1.89. The number of hydrogen-bond donors (Lipinski definition) is 2. The van der Waals surface area contributed by atoms with Gasteiger partial charge in [-0.1, -0.05) is 0 Å². The van der Waals surface area contributed by atoms with Gasteiger partial charge in [0.25, 0.3) is 0 Å². The molecule has 18 heavy (non-hydrogen) atoms. The van der Waals surface area contributed by atoms with Crippen molar-refractivity contribution in [3.05, 3.63) is 0 Å². The average molecular weight is 271 g/mol. The number of carbonyl (C=O) groups excluding carboxylic acids is 1.